The Balaban J connectivity index is 1.89. The minimum atomic E-state index is -1.08. The minimum absolute atomic E-state index is 0.0803. The molecule has 0 aliphatic rings. The number of carboxylic acid groups (broad SMARTS) is 1. The second-order valence-electron chi connectivity index (χ2n) is 6.96. The molecule has 1 aromatic heterocycles. The molecular weight excluding hydrogens is 360 g/mol. The lowest BCUT2D eigenvalue weighted by Gasteiger charge is -2.12. The zero-order valence-corrected chi connectivity index (χ0v) is 16.2. The van der Waals surface area contributed by atoms with Gasteiger partial charge in [-0.25, -0.2) is 4.79 Å². The lowest BCUT2D eigenvalue weighted by atomic mass is 9.98. The number of hydrogen-bond donors (Lipinski definition) is 1. The molecule has 1 heterocycles. The van der Waals surface area contributed by atoms with Gasteiger partial charge in [-0.05, 0) is 55.2 Å². The largest absolute Gasteiger partial charge is 0.479 e. The average molecular weight is 382 g/mol. The van der Waals surface area contributed by atoms with Crippen LogP contribution in [0.4, 0.5) is 0 Å². The van der Waals surface area contributed by atoms with Gasteiger partial charge in [0.1, 0.15) is 23.3 Å². The lowest BCUT2D eigenvalue weighted by molar-refractivity contribution is -0.144. The van der Waals surface area contributed by atoms with E-state index in [-0.39, 0.29) is 11.2 Å². The van der Waals surface area contributed by atoms with Gasteiger partial charge in [-0.2, -0.15) is 0 Å². The van der Waals surface area contributed by atoms with Crippen LogP contribution < -0.4 is 14.9 Å². The summed E-state index contributed by atoms with van der Waals surface area (Å²) in [5.74, 6) is 0.267. The van der Waals surface area contributed by atoms with Crippen LogP contribution in [0.1, 0.15) is 37.8 Å². The zero-order chi connectivity index (χ0) is 20.4. The van der Waals surface area contributed by atoms with Gasteiger partial charge in [0, 0.05) is 6.07 Å². The Hall–Kier alpha value is -3.28. The van der Waals surface area contributed by atoms with E-state index in [2.05, 4.69) is 13.8 Å². The summed E-state index contributed by atoms with van der Waals surface area (Å²) in [6, 6.07) is 10.3. The first-order valence-electron chi connectivity index (χ1n) is 8.99. The fourth-order valence-electron chi connectivity index (χ4n) is 2.98. The van der Waals surface area contributed by atoms with Gasteiger partial charge < -0.3 is 19.0 Å². The number of rotatable bonds is 6. The van der Waals surface area contributed by atoms with Crippen molar-refractivity contribution in [2.45, 2.75) is 39.7 Å². The Morgan fingerprint density at radius 2 is 1.79 bits per heavy atom. The van der Waals surface area contributed by atoms with Crippen LogP contribution in [0.25, 0.3) is 11.0 Å². The zero-order valence-electron chi connectivity index (χ0n) is 16.2. The molecule has 0 radical (unpaired) electrons. The van der Waals surface area contributed by atoms with Gasteiger partial charge in [0.25, 0.3) is 0 Å². The molecular formula is C22H22O6. The number of aliphatic carboxylic acids is 1. The summed E-state index contributed by atoms with van der Waals surface area (Å²) < 4.78 is 16.6. The number of carbonyl (C=O) groups is 1. The molecule has 1 atom stereocenters. The van der Waals surface area contributed by atoms with Gasteiger partial charge in [-0.1, -0.05) is 19.9 Å². The predicted octanol–water partition coefficient (Wildman–Crippen LogP) is 4.87. The molecule has 6 heteroatoms. The lowest BCUT2D eigenvalue weighted by Crippen LogP contribution is -2.22. The average Bonchev–Trinajstić information content (AvgIpc) is 2.63. The highest BCUT2D eigenvalue weighted by atomic mass is 16.5. The summed E-state index contributed by atoms with van der Waals surface area (Å²) in [4.78, 5) is 23.6. The summed E-state index contributed by atoms with van der Waals surface area (Å²) in [5.41, 5.74) is 2.29. The van der Waals surface area contributed by atoms with Crippen LogP contribution in [0.15, 0.2) is 51.9 Å². The summed E-state index contributed by atoms with van der Waals surface area (Å²) in [6.45, 7) is 7.67. The van der Waals surface area contributed by atoms with Gasteiger partial charge in [-0.3, -0.25) is 4.79 Å². The van der Waals surface area contributed by atoms with Crippen LogP contribution in [0.3, 0.4) is 0 Å². The molecule has 1 N–H and O–H groups in total. The first-order chi connectivity index (χ1) is 13.3. The topological polar surface area (TPSA) is 86.0 Å². The normalized spacial score (nSPS) is 12.2. The van der Waals surface area contributed by atoms with Gasteiger partial charge in [0.05, 0.1) is 5.39 Å². The van der Waals surface area contributed by atoms with Crippen molar-refractivity contribution in [1.82, 2.24) is 0 Å². The number of hydrogen-bond acceptors (Lipinski definition) is 5. The Labute approximate surface area is 162 Å². The number of fused-ring (bicyclic) bond motifs is 1. The van der Waals surface area contributed by atoms with Crippen molar-refractivity contribution in [2.75, 3.05) is 0 Å². The van der Waals surface area contributed by atoms with Crippen LogP contribution in [0.2, 0.25) is 0 Å². The van der Waals surface area contributed by atoms with Crippen LogP contribution in [-0.4, -0.2) is 17.2 Å². The number of carboxylic acids is 1. The van der Waals surface area contributed by atoms with Crippen molar-refractivity contribution >= 4 is 16.9 Å². The van der Waals surface area contributed by atoms with E-state index < -0.39 is 12.1 Å². The number of ether oxygens (including phenoxy) is 2. The molecule has 2 aromatic carbocycles. The van der Waals surface area contributed by atoms with Gasteiger partial charge in [0.2, 0.25) is 11.2 Å². The van der Waals surface area contributed by atoms with Crippen LogP contribution in [0, 0.1) is 6.92 Å². The van der Waals surface area contributed by atoms with Gasteiger partial charge >= 0.3 is 5.97 Å². The highest BCUT2D eigenvalue weighted by molar-refractivity contribution is 5.79. The van der Waals surface area contributed by atoms with Crippen molar-refractivity contribution in [2.24, 2.45) is 0 Å². The van der Waals surface area contributed by atoms with Crippen LogP contribution in [0.5, 0.6) is 17.2 Å². The quantitative estimate of drug-likeness (QED) is 0.655. The van der Waals surface area contributed by atoms with Crippen molar-refractivity contribution in [3.05, 3.63) is 64.0 Å². The third-order valence-corrected chi connectivity index (χ3v) is 4.47. The molecule has 0 amide bonds. The molecule has 1 unspecified atom stereocenters. The molecule has 3 rings (SSSR count). The maximum Gasteiger partial charge on any atom is 0.344 e. The predicted molar refractivity (Wildman–Crippen MR) is 106 cm³/mol. The Morgan fingerprint density at radius 1 is 1.07 bits per heavy atom. The minimum Gasteiger partial charge on any atom is -0.479 e. The van der Waals surface area contributed by atoms with E-state index in [1.165, 1.54) is 36.9 Å². The standard InChI is InChI=1S/C22H22O6/c1-12(2)17-7-5-15(9-13(17)3)28-20-11-26-19-10-16(27-14(4)22(24)25)6-8-18(19)21(20)23/h5-12,14H,1-4H3,(H,24,25). The van der Waals surface area contributed by atoms with Crippen LogP contribution >= 0.6 is 0 Å². The van der Waals surface area contributed by atoms with Gasteiger partial charge in [-0.15, -0.1) is 0 Å². The van der Waals surface area contributed by atoms with Crippen molar-refractivity contribution in [3.63, 3.8) is 0 Å². The van der Waals surface area contributed by atoms with E-state index in [1.807, 2.05) is 25.1 Å². The third kappa shape index (κ3) is 4.01. The SMILES string of the molecule is Cc1cc(Oc2coc3cc(OC(C)C(=O)O)ccc3c2=O)ccc1C(C)C. The van der Waals surface area contributed by atoms with Crippen LogP contribution in [-0.2, 0) is 4.79 Å². The highest BCUT2D eigenvalue weighted by Gasteiger charge is 2.15. The van der Waals surface area contributed by atoms with Gasteiger partial charge in [0.15, 0.2) is 6.10 Å². The molecule has 0 saturated heterocycles. The molecule has 146 valence electrons. The van der Waals surface area contributed by atoms with E-state index in [4.69, 9.17) is 19.0 Å². The molecule has 0 fully saturated rings. The molecule has 0 bridgehead atoms. The number of aryl methyl sites for hydroxylation is 1. The summed E-state index contributed by atoms with van der Waals surface area (Å²) in [6.07, 6.45) is 0.240. The summed E-state index contributed by atoms with van der Waals surface area (Å²) in [7, 11) is 0. The number of benzene rings is 2. The van der Waals surface area contributed by atoms with E-state index >= 15 is 0 Å². The molecule has 0 aliphatic heterocycles. The summed E-state index contributed by atoms with van der Waals surface area (Å²) in [5, 5.41) is 9.25. The maximum atomic E-state index is 12.7. The molecule has 28 heavy (non-hydrogen) atoms. The Kier molecular flexibility index (Phi) is 5.40. The monoisotopic (exact) mass is 382 g/mol. The van der Waals surface area contributed by atoms with Crippen molar-refractivity contribution < 1.29 is 23.8 Å². The molecule has 6 nitrogen and oxygen atoms in total. The molecule has 0 aliphatic carbocycles. The Bertz CT molecular complexity index is 1080. The van der Waals surface area contributed by atoms with E-state index in [1.54, 1.807) is 0 Å². The van der Waals surface area contributed by atoms with E-state index in [9.17, 15) is 9.59 Å². The fourth-order valence-corrected chi connectivity index (χ4v) is 2.98. The Morgan fingerprint density at radius 3 is 2.43 bits per heavy atom. The first kappa shape index (κ1) is 19.5. The van der Waals surface area contributed by atoms with Crippen molar-refractivity contribution in [1.29, 1.82) is 0 Å². The molecule has 0 spiro atoms. The molecule has 3 aromatic rings. The van der Waals surface area contributed by atoms with E-state index in [0.717, 1.165) is 5.56 Å². The molecule has 0 saturated carbocycles. The maximum absolute atomic E-state index is 12.7. The first-order valence-corrected chi connectivity index (χ1v) is 8.99. The van der Waals surface area contributed by atoms with E-state index in [0.29, 0.717) is 28.4 Å². The second-order valence-corrected chi connectivity index (χ2v) is 6.96. The fraction of sp³-hybridized carbons (Fsp3) is 0.273. The smallest absolute Gasteiger partial charge is 0.344 e. The second kappa shape index (κ2) is 7.76. The highest BCUT2D eigenvalue weighted by Crippen LogP contribution is 2.27. The third-order valence-electron chi connectivity index (χ3n) is 4.47. The summed E-state index contributed by atoms with van der Waals surface area (Å²) >= 11 is 0. The van der Waals surface area contributed by atoms with Crippen molar-refractivity contribution in [3.8, 4) is 17.2 Å².